The number of oxazole rings is 1. The molecule has 2 rings (SSSR count). The van der Waals surface area contributed by atoms with Crippen LogP contribution in [0.1, 0.15) is 27.8 Å². The molecule has 17 heavy (non-hydrogen) atoms. The van der Waals surface area contributed by atoms with Crippen LogP contribution in [0.4, 0.5) is 5.82 Å². The van der Waals surface area contributed by atoms with Crippen molar-refractivity contribution >= 4 is 27.7 Å². The predicted molar refractivity (Wildman–Crippen MR) is 65.0 cm³/mol. The van der Waals surface area contributed by atoms with Gasteiger partial charge in [-0.05, 0) is 29.8 Å². The zero-order chi connectivity index (χ0) is 12.6. The van der Waals surface area contributed by atoms with Crippen LogP contribution in [0.15, 0.2) is 8.89 Å². The van der Waals surface area contributed by atoms with E-state index >= 15 is 0 Å². The van der Waals surface area contributed by atoms with E-state index in [0.29, 0.717) is 17.5 Å². The van der Waals surface area contributed by atoms with Gasteiger partial charge in [0.2, 0.25) is 0 Å². The highest BCUT2D eigenvalue weighted by molar-refractivity contribution is 9.10. The largest absolute Gasteiger partial charge is 0.445 e. The van der Waals surface area contributed by atoms with Crippen molar-refractivity contribution in [1.29, 1.82) is 0 Å². The van der Waals surface area contributed by atoms with Crippen molar-refractivity contribution in [1.82, 2.24) is 15.2 Å². The number of carbonyl (C=O) groups excluding carboxylic acids is 1. The van der Waals surface area contributed by atoms with Crippen LogP contribution in [-0.2, 0) is 0 Å². The maximum Gasteiger partial charge on any atom is 0.279 e. The van der Waals surface area contributed by atoms with Gasteiger partial charge in [0, 0.05) is 12.6 Å². The summed E-state index contributed by atoms with van der Waals surface area (Å²) in [6.45, 7) is 5.23. The van der Waals surface area contributed by atoms with Gasteiger partial charge < -0.3 is 9.73 Å². The number of nitrogens with zero attached hydrogens (tertiary/aromatic N) is 2. The van der Waals surface area contributed by atoms with Crippen molar-refractivity contribution < 1.29 is 9.21 Å². The fourth-order valence-electron chi connectivity index (χ4n) is 1.40. The Labute approximate surface area is 106 Å². The van der Waals surface area contributed by atoms with Gasteiger partial charge in [-0.15, -0.1) is 0 Å². The van der Waals surface area contributed by atoms with Crippen molar-refractivity contribution in [3.8, 4) is 0 Å². The number of aromatic amines is 1. The summed E-state index contributed by atoms with van der Waals surface area (Å²) in [5.41, 5.74) is 1.11. The van der Waals surface area contributed by atoms with Crippen molar-refractivity contribution in [3.63, 3.8) is 0 Å². The standard InChI is InChI=1S/C10H11BrN4O2/c1-4-7(11)9(15-14-4)13-10(16)8-5(2)17-6(3)12-8/h1-3H3,(H2,13,14,15,16). The third-order valence-electron chi connectivity index (χ3n) is 2.22. The van der Waals surface area contributed by atoms with Crippen LogP contribution in [0.5, 0.6) is 0 Å². The summed E-state index contributed by atoms with van der Waals surface area (Å²) in [5.74, 6) is 1.05. The van der Waals surface area contributed by atoms with Gasteiger partial charge in [0.1, 0.15) is 5.76 Å². The Balaban J connectivity index is 2.23. The molecule has 2 heterocycles. The Bertz CT molecular complexity index is 573. The molecule has 0 radical (unpaired) electrons. The quantitative estimate of drug-likeness (QED) is 0.891. The molecule has 2 aromatic heterocycles. The average molecular weight is 299 g/mol. The Hall–Kier alpha value is -1.63. The molecule has 1 amide bonds. The lowest BCUT2D eigenvalue weighted by atomic mass is 10.3. The number of hydrogen-bond donors (Lipinski definition) is 2. The fourth-order valence-corrected chi connectivity index (χ4v) is 1.68. The van der Waals surface area contributed by atoms with Gasteiger partial charge in [-0.2, -0.15) is 5.10 Å². The molecule has 2 aromatic rings. The van der Waals surface area contributed by atoms with E-state index in [1.807, 2.05) is 6.92 Å². The normalized spacial score (nSPS) is 10.6. The van der Waals surface area contributed by atoms with Gasteiger partial charge in [0.25, 0.3) is 5.91 Å². The van der Waals surface area contributed by atoms with Crippen LogP contribution in [0.25, 0.3) is 0 Å². The number of H-pyrrole nitrogens is 1. The molecule has 2 N–H and O–H groups in total. The SMILES string of the molecule is Cc1nc(C(=O)Nc2n[nH]c(C)c2Br)c(C)o1. The maximum atomic E-state index is 11.9. The van der Waals surface area contributed by atoms with E-state index < -0.39 is 0 Å². The topological polar surface area (TPSA) is 83.8 Å². The van der Waals surface area contributed by atoms with Gasteiger partial charge >= 0.3 is 0 Å². The van der Waals surface area contributed by atoms with Crippen LogP contribution in [0, 0.1) is 20.8 Å². The zero-order valence-corrected chi connectivity index (χ0v) is 11.2. The number of halogens is 1. The zero-order valence-electron chi connectivity index (χ0n) is 9.59. The highest BCUT2D eigenvalue weighted by Gasteiger charge is 2.18. The molecule has 0 aromatic carbocycles. The molecule has 0 aliphatic rings. The van der Waals surface area contributed by atoms with Crippen molar-refractivity contribution in [3.05, 3.63) is 27.5 Å². The van der Waals surface area contributed by atoms with E-state index in [0.717, 1.165) is 10.2 Å². The minimum absolute atomic E-state index is 0.273. The van der Waals surface area contributed by atoms with Crippen molar-refractivity contribution in [2.24, 2.45) is 0 Å². The third kappa shape index (κ3) is 2.23. The number of rotatable bonds is 2. The first kappa shape index (κ1) is 11.8. The molecule has 0 atom stereocenters. The second kappa shape index (κ2) is 4.33. The number of amides is 1. The lowest BCUT2D eigenvalue weighted by molar-refractivity contribution is 0.102. The molecule has 0 spiro atoms. The Morgan fingerprint density at radius 2 is 2.12 bits per heavy atom. The molecule has 0 aliphatic heterocycles. The average Bonchev–Trinajstić information content (AvgIpc) is 2.75. The van der Waals surface area contributed by atoms with Gasteiger partial charge in [-0.1, -0.05) is 0 Å². The summed E-state index contributed by atoms with van der Waals surface area (Å²) in [5, 5.41) is 9.36. The fraction of sp³-hybridized carbons (Fsp3) is 0.300. The highest BCUT2D eigenvalue weighted by atomic mass is 79.9. The summed E-state index contributed by atoms with van der Waals surface area (Å²) in [6.07, 6.45) is 0. The van der Waals surface area contributed by atoms with Crippen molar-refractivity contribution in [2.45, 2.75) is 20.8 Å². The molecule has 6 nitrogen and oxygen atoms in total. The van der Waals surface area contributed by atoms with Crippen LogP contribution in [0.3, 0.4) is 0 Å². The number of hydrogen-bond acceptors (Lipinski definition) is 4. The maximum absolute atomic E-state index is 11.9. The number of aromatic nitrogens is 3. The van der Waals surface area contributed by atoms with Crippen LogP contribution < -0.4 is 5.32 Å². The van der Waals surface area contributed by atoms with E-state index in [1.54, 1.807) is 13.8 Å². The van der Waals surface area contributed by atoms with Gasteiger partial charge in [-0.3, -0.25) is 9.89 Å². The third-order valence-corrected chi connectivity index (χ3v) is 3.19. The highest BCUT2D eigenvalue weighted by Crippen LogP contribution is 2.23. The molecule has 7 heteroatoms. The lowest BCUT2D eigenvalue weighted by Gasteiger charge is -1.99. The molecule has 0 bridgehead atoms. The Kier molecular flexibility index (Phi) is 3.01. The molecule has 0 saturated carbocycles. The monoisotopic (exact) mass is 298 g/mol. The minimum Gasteiger partial charge on any atom is -0.445 e. The molecule has 0 saturated heterocycles. The first-order chi connectivity index (χ1) is 7.99. The molecule has 90 valence electrons. The van der Waals surface area contributed by atoms with Crippen LogP contribution in [-0.4, -0.2) is 21.1 Å². The van der Waals surface area contributed by atoms with E-state index in [9.17, 15) is 4.79 Å². The molecular weight excluding hydrogens is 288 g/mol. The first-order valence-corrected chi connectivity index (χ1v) is 5.74. The number of carbonyl (C=O) groups is 1. The lowest BCUT2D eigenvalue weighted by Crippen LogP contribution is -2.14. The molecule has 0 unspecified atom stereocenters. The van der Waals surface area contributed by atoms with Crippen LogP contribution >= 0.6 is 15.9 Å². The van der Waals surface area contributed by atoms with Crippen LogP contribution in [0.2, 0.25) is 0 Å². The van der Waals surface area contributed by atoms with E-state index in [4.69, 9.17) is 4.42 Å². The van der Waals surface area contributed by atoms with Gasteiger partial charge in [-0.25, -0.2) is 4.98 Å². The Morgan fingerprint density at radius 1 is 1.41 bits per heavy atom. The summed E-state index contributed by atoms with van der Waals surface area (Å²) >= 11 is 3.32. The van der Waals surface area contributed by atoms with E-state index in [1.165, 1.54) is 0 Å². The van der Waals surface area contributed by atoms with E-state index in [-0.39, 0.29) is 11.6 Å². The predicted octanol–water partition coefficient (Wildman–Crippen LogP) is 2.34. The van der Waals surface area contributed by atoms with Crippen molar-refractivity contribution in [2.75, 3.05) is 5.32 Å². The second-order valence-electron chi connectivity index (χ2n) is 3.60. The summed E-state index contributed by atoms with van der Waals surface area (Å²) in [6, 6.07) is 0. The summed E-state index contributed by atoms with van der Waals surface area (Å²) in [7, 11) is 0. The first-order valence-electron chi connectivity index (χ1n) is 4.95. The van der Waals surface area contributed by atoms with E-state index in [2.05, 4.69) is 36.4 Å². The minimum atomic E-state index is -0.341. The molecular formula is C10H11BrN4O2. The summed E-state index contributed by atoms with van der Waals surface area (Å²) in [4.78, 5) is 15.9. The summed E-state index contributed by atoms with van der Waals surface area (Å²) < 4.78 is 5.92. The second-order valence-corrected chi connectivity index (χ2v) is 4.40. The Morgan fingerprint density at radius 3 is 2.59 bits per heavy atom. The van der Waals surface area contributed by atoms with Gasteiger partial charge in [0.05, 0.1) is 4.47 Å². The number of anilines is 1. The van der Waals surface area contributed by atoms with Gasteiger partial charge in [0.15, 0.2) is 17.4 Å². The molecule has 0 fully saturated rings. The smallest absolute Gasteiger partial charge is 0.279 e. The number of aryl methyl sites for hydroxylation is 3. The number of nitrogens with one attached hydrogen (secondary N) is 2. The molecule has 0 aliphatic carbocycles.